The number of benzene rings is 1. The van der Waals surface area contributed by atoms with E-state index in [0.717, 1.165) is 19.5 Å². The zero-order valence-electron chi connectivity index (χ0n) is 12.5. The van der Waals surface area contributed by atoms with Gasteiger partial charge in [0.1, 0.15) is 0 Å². The minimum absolute atomic E-state index is 0.230. The molecule has 1 aromatic rings. The molecule has 0 bridgehead atoms. The molecule has 0 aliphatic heterocycles. The van der Waals surface area contributed by atoms with Crippen molar-refractivity contribution in [3.05, 3.63) is 29.3 Å². The summed E-state index contributed by atoms with van der Waals surface area (Å²) in [6, 6.07) is 6.98. The number of aryl methyl sites for hydroxylation is 1. The highest BCUT2D eigenvalue weighted by Gasteiger charge is 2.10. The van der Waals surface area contributed by atoms with Gasteiger partial charge in [0.05, 0.1) is 0 Å². The van der Waals surface area contributed by atoms with Gasteiger partial charge in [0.25, 0.3) is 0 Å². The number of nitrogens with two attached hydrogens (primary N) is 1. The Bertz CT molecular complexity index is 369. The Labute approximate surface area is 112 Å². The molecule has 0 aliphatic rings. The molecule has 1 rings (SSSR count). The van der Waals surface area contributed by atoms with E-state index in [1.54, 1.807) is 0 Å². The Balaban J connectivity index is 2.89. The van der Waals surface area contributed by atoms with Crippen molar-refractivity contribution in [2.45, 2.75) is 47.1 Å². The van der Waals surface area contributed by atoms with Crippen LogP contribution in [0.25, 0.3) is 0 Å². The summed E-state index contributed by atoms with van der Waals surface area (Å²) in [5.74, 6) is 0.688. The second kappa shape index (κ2) is 6.79. The molecule has 2 N–H and O–H groups in total. The molecule has 0 heterocycles. The molecule has 1 aromatic carbocycles. The van der Waals surface area contributed by atoms with Gasteiger partial charge in [0, 0.05) is 24.8 Å². The molecular formula is C16H28N2. The lowest BCUT2D eigenvalue weighted by Gasteiger charge is -2.27. The first-order valence-electron chi connectivity index (χ1n) is 7.04. The third-order valence-electron chi connectivity index (χ3n) is 3.13. The average Bonchev–Trinajstić information content (AvgIpc) is 2.25. The summed E-state index contributed by atoms with van der Waals surface area (Å²) in [7, 11) is 0. The first kappa shape index (κ1) is 15.0. The van der Waals surface area contributed by atoms with Gasteiger partial charge < -0.3 is 10.6 Å². The Morgan fingerprint density at radius 2 is 1.89 bits per heavy atom. The van der Waals surface area contributed by atoms with Crippen molar-refractivity contribution < 1.29 is 0 Å². The number of hydrogen-bond donors (Lipinski definition) is 1. The van der Waals surface area contributed by atoms with E-state index in [1.807, 2.05) is 0 Å². The molecule has 0 aliphatic carbocycles. The standard InChI is InChI=1S/C16H28N2/c1-6-18(11-12(2)3)16-8-7-15(9-13(16)4)10-14(5)17/h7-9,12,14H,6,10-11,17H2,1-5H3. The molecule has 0 aromatic heterocycles. The van der Waals surface area contributed by atoms with Gasteiger partial charge in [-0.1, -0.05) is 26.0 Å². The Morgan fingerprint density at radius 1 is 1.22 bits per heavy atom. The summed E-state index contributed by atoms with van der Waals surface area (Å²) in [4.78, 5) is 2.45. The SMILES string of the molecule is CCN(CC(C)C)c1ccc(CC(C)N)cc1C. The van der Waals surface area contributed by atoms with Gasteiger partial charge >= 0.3 is 0 Å². The van der Waals surface area contributed by atoms with E-state index in [9.17, 15) is 0 Å². The molecule has 2 heteroatoms. The lowest BCUT2D eigenvalue weighted by molar-refractivity contribution is 0.618. The van der Waals surface area contributed by atoms with E-state index < -0.39 is 0 Å². The van der Waals surface area contributed by atoms with Crippen molar-refractivity contribution in [2.75, 3.05) is 18.0 Å². The van der Waals surface area contributed by atoms with Crippen LogP contribution < -0.4 is 10.6 Å². The highest BCUT2D eigenvalue weighted by molar-refractivity contribution is 5.54. The molecule has 102 valence electrons. The fourth-order valence-corrected chi connectivity index (χ4v) is 2.41. The maximum Gasteiger partial charge on any atom is 0.0396 e. The minimum atomic E-state index is 0.230. The summed E-state index contributed by atoms with van der Waals surface area (Å²) in [5, 5.41) is 0. The van der Waals surface area contributed by atoms with Crippen LogP contribution in [0.15, 0.2) is 18.2 Å². The van der Waals surface area contributed by atoms with Crippen molar-refractivity contribution in [2.24, 2.45) is 11.7 Å². The number of hydrogen-bond acceptors (Lipinski definition) is 2. The van der Waals surface area contributed by atoms with Crippen LogP contribution in [0, 0.1) is 12.8 Å². The molecule has 1 unspecified atom stereocenters. The largest absolute Gasteiger partial charge is 0.371 e. The highest BCUT2D eigenvalue weighted by Crippen LogP contribution is 2.22. The zero-order chi connectivity index (χ0) is 13.7. The zero-order valence-corrected chi connectivity index (χ0v) is 12.5. The molecular weight excluding hydrogens is 220 g/mol. The van der Waals surface area contributed by atoms with Crippen LogP contribution in [0.3, 0.4) is 0 Å². The van der Waals surface area contributed by atoms with Crippen LogP contribution in [0.5, 0.6) is 0 Å². The molecule has 0 saturated heterocycles. The van der Waals surface area contributed by atoms with E-state index in [2.05, 4.69) is 57.7 Å². The number of rotatable bonds is 6. The Hall–Kier alpha value is -1.02. The van der Waals surface area contributed by atoms with E-state index in [4.69, 9.17) is 5.73 Å². The van der Waals surface area contributed by atoms with Crippen molar-refractivity contribution in [3.8, 4) is 0 Å². The van der Waals surface area contributed by atoms with Crippen LogP contribution in [0.1, 0.15) is 38.8 Å². The highest BCUT2D eigenvalue weighted by atomic mass is 15.1. The third kappa shape index (κ3) is 4.34. The molecule has 0 spiro atoms. The van der Waals surface area contributed by atoms with Gasteiger partial charge in [0.2, 0.25) is 0 Å². The molecule has 0 fully saturated rings. The van der Waals surface area contributed by atoms with Crippen LogP contribution >= 0.6 is 0 Å². The molecule has 2 nitrogen and oxygen atoms in total. The van der Waals surface area contributed by atoms with Gasteiger partial charge in [-0.2, -0.15) is 0 Å². The van der Waals surface area contributed by atoms with Crippen molar-refractivity contribution in [1.29, 1.82) is 0 Å². The monoisotopic (exact) mass is 248 g/mol. The number of nitrogens with zero attached hydrogens (tertiary/aromatic N) is 1. The smallest absolute Gasteiger partial charge is 0.0396 e. The molecule has 0 saturated carbocycles. The van der Waals surface area contributed by atoms with E-state index in [-0.39, 0.29) is 6.04 Å². The molecule has 18 heavy (non-hydrogen) atoms. The Kier molecular flexibility index (Phi) is 5.67. The van der Waals surface area contributed by atoms with Gasteiger partial charge in [-0.3, -0.25) is 0 Å². The molecule has 0 radical (unpaired) electrons. The van der Waals surface area contributed by atoms with Gasteiger partial charge in [-0.25, -0.2) is 0 Å². The second-order valence-electron chi connectivity index (χ2n) is 5.73. The van der Waals surface area contributed by atoms with Gasteiger partial charge in [-0.05, 0) is 50.3 Å². The van der Waals surface area contributed by atoms with E-state index in [0.29, 0.717) is 5.92 Å². The van der Waals surface area contributed by atoms with Gasteiger partial charge in [-0.15, -0.1) is 0 Å². The third-order valence-corrected chi connectivity index (χ3v) is 3.13. The first-order valence-corrected chi connectivity index (χ1v) is 7.04. The van der Waals surface area contributed by atoms with Crippen LogP contribution in [-0.2, 0) is 6.42 Å². The predicted octanol–water partition coefficient (Wildman–Crippen LogP) is 3.37. The van der Waals surface area contributed by atoms with Crippen LogP contribution in [0.2, 0.25) is 0 Å². The molecule has 1 atom stereocenters. The van der Waals surface area contributed by atoms with E-state index >= 15 is 0 Å². The lowest BCUT2D eigenvalue weighted by atomic mass is 10.0. The predicted molar refractivity (Wildman–Crippen MR) is 81.3 cm³/mol. The van der Waals surface area contributed by atoms with E-state index in [1.165, 1.54) is 16.8 Å². The first-order chi connectivity index (χ1) is 8.43. The van der Waals surface area contributed by atoms with Gasteiger partial charge in [0.15, 0.2) is 0 Å². The fraction of sp³-hybridized carbons (Fsp3) is 0.625. The summed E-state index contributed by atoms with van der Waals surface area (Å²) in [6.07, 6.45) is 0.956. The quantitative estimate of drug-likeness (QED) is 0.836. The van der Waals surface area contributed by atoms with Crippen molar-refractivity contribution >= 4 is 5.69 Å². The second-order valence-corrected chi connectivity index (χ2v) is 5.73. The summed E-state index contributed by atoms with van der Waals surface area (Å²) < 4.78 is 0. The maximum absolute atomic E-state index is 5.85. The summed E-state index contributed by atoms with van der Waals surface area (Å²) in [6.45, 7) is 13.2. The summed E-state index contributed by atoms with van der Waals surface area (Å²) in [5.41, 5.74) is 9.91. The number of anilines is 1. The average molecular weight is 248 g/mol. The van der Waals surface area contributed by atoms with Crippen molar-refractivity contribution in [1.82, 2.24) is 0 Å². The van der Waals surface area contributed by atoms with Crippen LogP contribution in [-0.4, -0.2) is 19.1 Å². The lowest BCUT2D eigenvalue weighted by Crippen LogP contribution is -2.28. The Morgan fingerprint density at radius 3 is 2.33 bits per heavy atom. The topological polar surface area (TPSA) is 29.3 Å². The molecule has 0 amide bonds. The van der Waals surface area contributed by atoms with Crippen LogP contribution in [0.4, 0.5) is 5.69 Å². The summed E-state index contributed by atoms with van der Waals surface area (Å²) >= 11 is 0. The fourth-order valence-electron chi connectivity index (χ4n) is 2.41. The van der Waals surface area contributed by atoms with Crippen molar-refractivity contribution in [3.63, 3.8) is 0 Å². The minimum Gasteiger partial charge on any atom is -0.371 e. The normalized spacial score (nSPS) is 12.8. The maximum atomic E-state index is 5.85.